The van der Waals surface area contributed by atoms with E-state index in [0.717, 1.165) is 30.3 Å². The first kappa shape index (κ1) is 15.7. The minimum atomic E-state index is 0.272. The van der Waals surface area contributed by atoms with Crippen molar-refractivity contribution < 1.29 is 0 Å². The van der Waals surface area contributed by atoms with E-state index in [4.69, 9.17) is 5.84 Å². The summed E-state index contributed by atoms with van der Waals surface area (Å²) in [6.07, 6.45) is 0. The van der Waals surface area contributed by atoms with Crippen LogP contribution in [0.1, 0.15) is 31.2 Å². The van der Waals surface area contributed by atoms with Gasteiger partial charge in [0.1, 0.15) is 17.5 Å². The number of anilines is 2. The molecule has 0 unspecified atom stereocenters. The van der Waals surface area contributed by atoms with E-state index in [1.807, 2.05) is 14.0 Å². The van der Waals surface area contributed by atoms with Crippen LogP contribution in [0.4, 0.5) is 11.6 Å². The lowest BCUT2D eigenvalue weighted by atomic mass is 10.2. The number of hydrogen-bond acceptors (Lipinski definition) is 6. The molecule has 0 aliphatic carbocycles. The maximum Gasteiger partial charge on any atom is 0.148 e. The lowest BCUT2D eigenvalue weighted by molar-refractivity contribution is 0.416. The standard InChI is InChI=1S/C13H26N6/c1-9(2)11-15-12(17-14)10(3)13(16-11)19(6)8-7-18(4)5/h9H,7-8,14H2,1-6H3,(H,15,16,17). The van der Waals surface area contributed by atoms with E-state index >= 15 is 0 Å². The topological polar surface area (TPSA) is 70.3 Å². The summed E-state index contributed by atoms with van der Waals surface area (Å²) in [5, 5.41) is 0. The zero-order chi connectivity index (χ0) is 14.6. The first-order valence-corrected chi connectivity index (χ1v) is 6.57. The number of nitrogens with two attached hydrogens (primary N) is 1. The van der Waals surface area contributed by atoms with Gasteiger partial charge in [-0.25, -0.2) is 15.8 Å². The van der Waals surface area contributed by atoms with Crippen LogP contribution in [0.25, 0.3) is 0 Å². The second-order valence-corrected chi connectivity index (χ2v) is 5.40. The molecule has 0 aliphatic rings. The predicted molar refractivity (Wildman–Crippen MR) is 80.5 cm³/mol. The zero-order valence-electron chi connectivity index (χ0n) is 12.9. The average molecular weight is 266 g/mol. The maximum absolute atomic E-state index is 5.54. The fourth-order valence-electron chi connectivity index (χ4n) is 1.75. The lowest BCUT2D eigenvalue weighted by Crippen LogP contribution is -2.30. The normalized spacial score (nSPS) is 11.2. The Bertz CT molecular complexity index is 416. The van der Waals surface area contributed by atoms with Crippen molar-refractivity contribution in [2.75, 3.05) is 44.6 Å². The summed E-state index contributed by atoms with van der Waals surface area (Å²) in [6, 6.07) is 0. The third-order valence-corrected chi connectivity index (χ3v) is 3.03. The zero-order valence-corrected chi connectivity index (χ0v) is 12.9. The van der Waals surface area contributed by atoms with Crippen LogP contribution in [0.2, 0.25) is 0 Å². The Morgan fingerprint density at radius 1 is 1.16 bits per heavy atom. The Kier molecular flexibility index (Phi) is 5.50. The van der Waals surface area contributed by atoms with Gasteiger partial charge >= 0.3 is 0 Å². The van der Waals surface area contributed by atoms with Gasteiger partial charge in [0.25, 0.3) is 0 Å². The highest BCUT2D eigenvalue weighted by atomic mass is 15.3. The van der Waals surface area contributed by atoms with Crippen LogP contribution in [0.3, 0.4) is 0 Å². The van der Waals surface area contributed by atoms with Crippen molar-refractivity contribution in [3.05, 3.63) is 11.4 Å². The Labute approximate surface area is 116 Å². The molecule has 0 atom stereocenters. The summed E-state index contributed by atoms with van der Waals surface area (Å²) in [4.78, 5) is 13.4. The van der Waals surface area contributed by atoms with Gasteiger partial charge < -0.3 is 15.2 Å². The Balaban J connectivity index is 3.07. The van der Waals surface area contributed by atoms with E-state index < -0.39 is 0 Å². The fourth-order valence-corrected chi connectivity index (χ4v) is 1.75. The molecule has 0 amide bonds. The van der Waals surface area contributed by atoms with Gasteiger partial charge in [-0.2, -0.15) is 0 Å². The van der Waals surface area contributed by atoms with Crippen molar-refractivity contribution in [1.82, 2.24) is 14.9 Å². The van der Waals surface area contributed by atoms with Gasteiger partial charge in [-0.15, -0.1) is 0 Å². The molecule has 1 aromatic rings. The second-order valence-electron chi connectivity index (χ2n) is 5.40. The largest absolute Gasteiger partial charge is 0.358 e. The van der Waals surface area contributed by atoms with E-state index in [0.29, 0.717) is 5.82 Å². The van der Waals surface area contributed by atoms with Gasteiger partial charge in [-0.05, 0) is 21.0 Å². The SMILES string of the molecule is Cc1c(NN)nc(C(C)C)nc1N(C)CCN(C)C. The van der Waals surface area contributed by atoms with Crippen molar-refractivity contribution in [1.29, 1.82) is 0 Å². The first-order chi connectivity index (χ1) is 8.86. The molecule has 0 fully saturated rings. The van der Waals surface area contributed by atoms with Crippen molar-refractivity contribution in [3.8, 4) is 0 Å². The molecule has 0 bridgehead atoms. The number of nitrogens with zero attached hydrogens (tertiary/aromatic N) is 4. The molecule has 1 aromatic heterocycles. The van der Waals surface area contributed by atoms with Crippen LogP contribution in [0.5, 0.6) is 0 Å². The number of rotatable bonds is 6. The number of hydrazine groups is 1. The molecule has 1 heterocycles. The minimum absolute atomic E-state index is 0.272. The van der Waals surface area contributed by atoms with E-state index in [2.05, 4.69) is 53.1 Å². The van der Waals surface area contributed by atoms with Gasteiger partial charge in [-0.1, -0.05) is 13.8 Å². The summed E-state index contributed by atoms with van der Waals surface area (Å²) in [5.41, 5.74) is 3.64. The highest BCUT2D eigenvalue weighted by Gasteiger charge is 2.15. The summed E-state index contributed by atoms with van der Waals surface area (Å²) in [6.45, 7) is 8.03. The molecule has 0 aliphatic heterocycles. The van der Waals surface area contributed by atoms with Crippen molar-refractivity contribution in [2.45, 2.75) is 26.7 Å². The molecule has 0 radical (unpaired) electrons. The van der Waals surface area contributed by atoms with E-state index in [9.17, 15) is 0 Å². The highest BCUT2D eigenvalue weighted by molar-refractivity contribution is 5.58. The summed E-state index contributed by atoms with van der Waals surface area (Å²) in [5.74, 6) is 8.26. The number of nitrogen functional groups attached to an aromatic ring is 1. The Hall–Kier alpha value is -1.40. The summed E-state index contributed by atoms with van der Waals surface area (Å²) in [7, 11) is 6.17. The van der Waals surface area contributed by atoms with Crippen LogP contribution in [-0.4, -0.2) is 49.1 Å². The van der Waals surface area contributed by atoms with Crippen LogP contribution in [0.15, 0.2) is 0 Å². The van der Waals surface area contributed by atoms with Gasteiger partial charge in [0.05, 0.1) is 0 Å². The van der Waals surface area contributed by atoms with Gasteiger partial charge in [-0.3, -0.25) is 0 Å². The number of hydrogen-bond donors (Lipinski definition) is 2. The quantitative estimate of drug-likeness (QED) is 0.595. The van der Waals surface area contributed by atoms with Crippen molar-refractivity contribution >= 4 is 11.6 Å². The van der Waals surface area contributed by atoms with Crippen LogP contribution < -0.4 is 16.2 Å². The molecular formula is C13H26N6. The molecule has 3 N–H and O–H groups in total. The van der Waals surface area contributed by atoms with Crippen molar-refractivity contribution in [2.24, 2.45) is 5.84 Å². The number of nitrogens with one attached hydrogen (secondary N) is 1. The molecule has 0 saturated carbocycles. The molecular weight excluding hydrogens is 240 g/mol. The summed E-state index contributed by atoms with van der Waals surface area (Å²) >= 11 is 0. The third kappa shape index (κ3) is 4.04. The van der Waals surface area contributed by atoms with Crippen LogP contribution in [0, 0.1) is 6.92 Å². The molecule has 6 nitrogen and oxygen atoms in total. The van der Waals surface area contributed by atoms with Crippen LogP contribution >= 0.6 is 0 Å². The van der Waals surface area contributed by atoms with Gasteiger partial charge in [0.2, 0.25) is 0 Å². The highest BCUT2D eigenvalue weighted by Crippen LogP contribution is 2.24. The molecule has 19 heavy (non-hydrogen) atoms. The average Bonchev–Trinajstić information content (AvgIpc) is 2.35. The van der Waals surface area contributed by atoms with Gasteiger partial charge in [0.15, 0.2) is 0 Å². The number of likely N-dealkylation sites (N-methyl/N-ethyl adjacent to an activating group) is 2. The van der Waals surface area contributed by atoms with Gasteiger partial charge in [0, 0.05) is 31.6 Å². The fraction of sp³-hybridized carbons (Fsp3) is 0.692. The molecule has 108 valence electrons. The molecule has 1 rings (SSSR count). The third-order valence-electron chi connectivity index (χ3n) is 3.03. The molecule has 6 heteroatoms. The van der Waals surface area contributed by atoms with E-state index in [-0.39, 0.29) is 5.92 Å². The van der Waals surface area contributed by atoms with E-state index in [1.54, 1.807) is 0 Å². The molecule has 0 saturated heterocycles. The molecule has 0 spiro atoms. The smallest absolute Gasteiger partial charge is 0.148 e. The first-order valence-electron chi connectivity index (χ1n) is 6.57. The maximum atomic E-state index is 5.54. The van der Waals surface area contributed by atoms with E-state index in [1.165, 1.54) is 0 Å². The lowest BCUT2D eigenvalue weighted by Gasteiger charge is -2.24. The van der Waals surface area contributed by atoms with Crippen molar-refractivity contribution in [3.63, 3.8) is 0 Å². The summed E-state index contributed by atoms with van der Waals surface area (Å²) < 4.78 is 0. The number of aromatic nitrogens is 2. The van der Waals surface area contributed by atoms with Crippen LogP contribution in [-0.2, 0) is 0 Å². The predicted octanol–water partition coefficient (Wildman–Crippen LogP) is 1.19. The minimum Gasteiger partial charge on any atom is -0.358 e. The second kappa shape index (κ2) is 6.68. The molecule has 0 aromatic carbocycles. The Morgan fingerprint density at radius 3 is 2.26 bits per heavy atom. The monoisotopic (exact) mass is 266 g/mol. The Morgan fingerprint density at radius 2 is 1.79 bits per heavy atom.